The highest BCUT2D eigenvalue weighted by Crippen LogP contribution is 2.21. The van der Waals surface area contributed by atoms with E-state index in [1.54, 1.807) is 0 Å². The molecule has 0 fully saturated rings. The van der Waals surface area contributed by atoms with E-state index in [0.717, 1.165) is 13.0 Å². The van der Waals surface area contributed by atoms with Crippen LogP contribution in [-0.4, -0.2) is 12.5 Å². The smallest absolute Gasteiger partial charge is 0.0716 e. The Balaban J connectivity index is 1.75. The van der Waals surface area contributed by atoms with Crippen LogP contribution in [0.2, 0.25) is 0 Å². The summed E-state index contributed by atoms with van der Waals surface area (Å²) in [6, 6.07) is 20.6. The molecule has 0 aromatic heterocycles. The lowest BCUT2D eigenvalue weighted by Gasteiger charge is -2.14. The summed E-state index contributed by atoms with van der Waals surface area (Å²) in [4.78, 5) is 0. The predicted molar refractivity (Wildman–Crippen MR) is 80.6 cm³/mol. The molecular weight excluding hydrogens is 256 g/mol. The van der Waals surface area contributed by atoms with Crippen molar-refractivity contribution in [3.8, 4) is 0 Å². The summed E-state index contributed by atoms with van der Waals surface area (Å²) in [5.41, 5.74) is 2.51. The van der Waals surface area contributed by atoms with Crippen LogP contribution in [0.15, 0.2) is 60.7 Å². The van der Waals surface area contributed by atoms with Crippen molar-refractivity contribution < 1.29 is 4.74 Å². The van der Waals surface area contributed by atoms with Gasteiger partial charge in [-0.25, -0.2) is 0 Å². The fourth-order valence-corrected chi connectivity index (χ4v) is 2.38. The molecular formula is C17H19ClO. The first-order valence-electron chi connectivity index (χ1n) is 6.62. The molecule has 1 unspecified atom stereocenters. The van der Waals surface area contributed by atoms with Crippen LogP contribution in [0.4, 0.5) is 0 Å². The Kier molecular flexibility index (Phi) is 5.93. The summed E-state index contributed by atoms with van der Waals surface area (Å²) in [5, 5.41) is 0. The SMILES string of the molecule is ClCC(CCOCc1ccccc1)c1ccccc1. The zero-order chi connectivity index (χ0) is 13.3. The van der Waals surface area contributed by atoms with Gasteiger partial charge in [0.15, 0.2) is 0 Å². The van der Waals surface area contributed by atoms with E-state index in [2.05, 4.69) is 36.4 Å². The highest BCUT2D eigenvalue weighted by molar-refractivity contribution is 6.18. The normalized spacial score (nSPS) is 12.3. The molecule has 0 aliphatic heterocycles. The Hall–Kier alpha value is -1.31. The van der Waals surface area contributed by atoms with Gasteiger partial charge in [-0.05, 0) is 23.5 Å². The fourth-order valence-electron chi connectivity index (χ4n) is 2.05. The van der Waals surface area contributed by atoms with Crippen LogP contribution in [-0.2, 0) is 11.3 Å². The average molecular weight is 275 g/mol. The van der Waals surface area contributed by atoms with Gasteiger partial charge >= 0.3 is 0 Å². The number of benzene rings is 2. The van der Waals surface area contributed by atoms with Crippen molar-refractivity contribution in [1.29, 1.82) is 0 Å². The topological polar surface area (TPSA) is 9.23 Å². The summed E-state index contributed by atoms with van der Waals surface area (Å²) in [6.07, 6.45) is 0.959. The van der Waals surface area contributed by atoms with Gasteiger partial charge in [-0.2, -0.15) is 0 Å². The summed E-state index contributed by atoms with van der Waals surface area (Å²) in [6.45, 7) is 1.41. The van der Waals surface area contributed by atoms with Crippen molar-refractivity contribution in [2.45, 2.75) is 18.9 Å². The number of hydrogen-bond donors (Lipinski definition) is 0. The first-order valence-corrected chi connectivity index (χ1v) is 7.16. The molecule has 0 radical (unpaired) electrons. The molecule has 0 saturated carbocycles. The number of hydrogen-bond acceptors (Lipinski definition) is 1. The Labute approximate surface area is 120 Å². The van der Waals surface area contributed by atoms with Crippen molar-refractivity contribution in [1.82, 2.24) is 0 Å². The second kappa shape index (κ2) is 7.98. The van der Waals surface area contributed by atoms with E-state index < -0.39 is 0 Å². The fraction of sp³-hybridized carbons (Fsp3) is 0.294. The van der Waals surface area contributed by atoms with E-state index in [1.165, 1.54) is 11.1 Å². The van der Waals surface area contributed by atoms with Crippen LogP contribution < -0.4 is 0 Å². The minimum Gasteiger partial charge on any atom is -0.377 e. The molecule has 1 nitrogen and oxygen atoms in total. The summed E-state index contributed by atoms with van der Waals surface area (Å²) < 4.78 is 5.71. The van der Waals surface area contributed by atoms with Gasteiger partial charge in [0.1, 0.15) is 0 Å². The minimum atomic E-state index is 0.374. The summed E-state index contributed by atoms with van der Waals surface area (Å²) in [5.74, 6) is 1.01. The first kappa shape index (κ1) is 14.1. The third kappa shape index (κ3) is 4.70. The zero-order valence-electron chi connectivity index (χ0n) is 11.0. The zero-order valence-corrected chi connectivity index (χ0v) is 11.7. The quantitative estimate of drug-likeness (QED) is 0.529. The van der Waals surface area contributed by atoms with E-state index in [1.807, 2.05) is 24.3 Å². The molecule has 19 heavy (non-hydrogen) atoms. The van der Waals surface area contributed by atoms with Gasteiger partial charge in [0, 0.05) is 12.5 Å². The largest absolute Gasteiger partial charge is 0.377 e. The van der Waals surface area contributed by atoms with Crippen LogP contribution in [0, 0.1) is 0 Å². The molecule has 2 heteroatoms. The monoisotopic (exact) mass is 274 g/mol. The number of halogens is 1. The maximum atomic E-state index is 6.04. The van der Waals surface area contributed by atoms with E-state index in [-0.39, 0.29) is 0 Å². The Morgan fingerprint density at radius 3 is 2.16 bits per heavy atom. The third-order valence-corrected chi connectivity index (χ3v) is 3.55. The van der Waals surface area contributed by atoms with Crippen molar-refractivity contribution in [2.75, 3.05) is 12.5 Å². The highest BCUT2D eigenvalue weighted by atomic mass is 35.5. The van der Waals surface area contributed by atoms with E-state index in [0.29, 0.717) is 18.4 Å². The second-order valence-electron chi connectivity index (χ2n) is 4.59. The van der Waals surface area contributed by atoms with E-state index >= 15 is 0 Å². The van der Waals surface area contributed by atoms with Gasteiger partial charge in [-0.1, -0.05) is 60.7 Å². The molecule has 2 aromatic carbocycles. The van der Waals surface area contributed by atoms with Crippen molar-refractivity contribution >= 4 is 11.6 Å². The lowest BCUT2D eigenvalue weighted by molar-refractivity contribution is 0.115. The van der Waals surface area contributed by atoms with Crippen molar-refractivity contribution in [3.63, 3.8) is 0 Å². The molecule has 2 rings (SSSR count). The number of ether oxygens (including phenoxy) is 1. The Morgan fingerprint density at radius 1 is 0.895 bits per heavy atom. The molecule has 2 aromatic rings. The minimum absolute atomic E-state index is 0.374. The standard InChI is InChI=1S/C17H19ClO/c18-13-17(16-9-5-2-6-10-16)11-12-19-14-15-7-3-1-4-8-15/h1-10,17H,11-14H2. The van der Waals surface area contributed by atoms with Crippen LogP contribution >= 0.6 is 11.6 Å². The molecule has 100 valence electrons. The molecule has 0 bridgehead atoms. The maximum absolute atomic E-state index is 6.04. The summed E-state index contributed by atoms with van der Waals surface area (Å²) in [7, 11) is 0. The van der Waals surface area contributed by atoms with E-state index in [9.17, 15) is 0 Å². The third-order valence-electron chi connectivity index (χ3n) is 3.18. The van der Waals surface area contributed by atoms with Crippen LogP contribution in [0.25, 0.3) is 0 Å². The molecule has 0 heterocycles. The van der Waals surface area contributed by atoms with Gasteiger partial charge in [0.05, 0.1) is 6.61 Å². The molecule has 1 atom stereocenters. The molecule has 0 aliphatic rings. The van der Waals surface area contributed by atoms with Gasteiger partial charge in [-0.15, -0.1) is 11.6 Å². The van der Waals surface area contributed by atoms with Gasteiger partial charge in [0.25, 0.3) is 0 Å². The van der Waals surface area contributed by atoms with Crippen LogP contribution in [0.5, 0.6) is 0 Å². The average Bonchev–Trinajstić information content (AvgIpc) is 2.49. The number of alkyl halides is 1. The lowest BCUT2D eigenvalue weighted by atomic mass is 9.98. The maximum Gasteiger partial charge on any atom is 0.0716 e. The van der Waals surface area contributed by atoms with E-state index in [4.69, 9.17) is 16.3 Å². The predicted octanol–water partition coefficient (Wildman–Crippen LogP) is 4.62. The second-order valence-corrected chi connectivity index (χ2v) is 4.90. The van der Waals surface area contributed by atoms with Crippen LogP contribution in [0.3, 0.4) is 0 Å². The van der Waals surface area contributed by atoms with Gasteiger partial charge < -0.3 is 4.74 Å². The Bertz CT molecular complexity index is 455. The van der Waals surface area contributed by atoms with Gasteiger partial charge in [0.2, 0.25) is 0 Å². The lowest BCUT2D eigenvalue weighted by Crippen LogP contribution is -2.05. The molecule has 0 amide bonds. The van der Waals surface area contributed by atoms with Crippen molar-refractivity contribution in [3.05, 3.63) is 71.8 Å². The molecule has 0 saturated heterocycles. The highest BCUT2D eigenvalue weighted by Gasteiger charge is 2.09. The number of rotatable bonds is 7. The van der Waals surface area contributed by atoms with Crippen LogP contribution in [0.1, 0.15) is 23.5 Å². The van der Waals surface area contributed by atoms with Gasteiger partial charge in [-0.3, -0.25) is 0 Å². The molecule has 0 N–H and O–H groups in total. The Morgan fingerprint density at radius 2 is 1.53 bits per heavy atom. The molecule has 0 aliphatic carbocycles. The first-order chi connectivity index (χ1) is 9.40. The molecule has 0 spiro atoms. The summed E-state index contributed by atoms with van der Waals surface area (Å²) >= 11 is 6.04. The van der Waals surface area contributed by atoms with Crippen molar-refractivity contribution in [2.24, 2.45) is 0 Å².